The van der Waals surface area contributed by atoms with Gasteiger partial charge in [-0.05, 0) is 61.0 Å². The van der Waals surface area contributed by atoms with E-state index in [0.29, 0.717) is 22.0 Å². The molecule has 1 unspecified atom stereocenters. The Kier molecular flexibility index (Phi) is 5.06. The van der Waals surface area contributed by atoms with E-state index in [9.17, 15) is 14.7 Å². The largest absolute Gasteiger partial charge is 0.507 e. The number of hydrogen-bond donors (Lipinski definition) is 1. The number of hydrogen-bond acceptors (Lipinski definition) is 4. The summed E-state index contributed by atoms with van der Waals surface area (Å²) in [6.07, 6.45) is 1.46. The van der Waals surface area contributed by atoms with E-state index in [1.165, 1.54) is 11.2 Å². The number of carbonyl (C=O) groups excluding carboxylic acids is 2. The Bertz CT molecular complexity index is 1140. The highest BCUT2D eigenvalue weighted by Gasteiger charge is 2.48. The van der Waals surface area contributed by atoms with Crippen molar-refractivity contribution in [2.75, 3.05) is 4.90 Å². The number of ketones is 1. The maximum atomic E-state index is 12.9. The Labute approximate surface area is 180 Å². The third-order valence-electron chi connectivity index (χ3n) is 4.79. The van der Waals surface area contributed by atoms with Crippen LogP contribution >= 0.6 is 27.5 Å². The van der Waals surface area contributed by atoms with E-state index in [4.69, 9.17) is 16.0 Å². The molecular formula is C22H15BrClNO4. The molecule has 1 fully saturated rings. The summed E-state index contributed by atoms with van der Waals surface area (Å²) >= 11 is 9.38. The van der Waals surface area contributed by atoms with Gasteiger partial charge in [-0.1, -0.05) is 33.6 Å². The van der Waals surface area contributed by atoms with Gasteiger partial charge in [-0.25, -0.2) is 0 Å². The molecule has 0 bridgehead atoms. The second kappa shape index (κ2) is 7.54. The molecule has 1 N–H and O–H groups in total. The van der Waals surface area contributed by atoms with Crippen molar-refractivity contribution in [3.63, 3.8) is 0 Å². The smallest absolute Gasteiger partial charge is 0.300 e. The normalized spacial score (nSPS) is 18.4. The highest BCUT2D eigenvalue weighted by atomic mass is 79.9. The van der Waals surface area contributed by atoms with Gasteiger partial charge in [0.1, 0.15) is 17.6 Å². The number of nitrogens with zero attached hydrogens (tertiary/aromatic N) is 1. The van der Waals surface area contributed by atoms with Crippen LogP contribution in [-0.4, -0.2) is 16.8 Å². The summed E-state index contributed by atoms with van der Waals surface area (Å²) in [7, 11) is 0. The van der Waals surface area contributed by atoms with Gasteiger partial charge >= 0.3 is 0 Å². The number of benzene rings is 2. The molecule has 146 valence electrons. The summed E-state index contributed by atoms with van der Waals surface area (Å²) in [4.78, 5) is 27.2. The Morgan fingerprint density at radius 1 is 1.14 bits per heavy atom. The van der Waals surface area contributed by atoms with Gasteiger partial charge in [0.15, 0.2) is 0 Å². The van der Waals surface area contributed by atoms with Crippen LogP contribution in [0.4, 0.5) is 5.69 Å². The molecule has 4 rings (SSSR count). The first-order valence-electron chi connectivity index (χ1n) is 8.75. The SMILES string of the molecule is Cc1cc(/C(O)=C2/C(=O)C(=O)N(c3ccc(Cl)cc3)C2c2ccco2)ccc1Br. The van der Waals surface area contributed by atoms with Gasteiger partial charge in [-0.15, -0.1) is 0 Å². The third-order valence-corrected chi connectivity index (χ3v) is 5.94. The summed E-state index contributed by atoms with van der Waals surface area (Å²) in [6.45, 7) is 1.87. The quantitative estimate of drug-likeness (QED) is 0.305. The minimum absolute atomic E-state index is 0.0263. The molecule has 1 aromatic heterocycles. The molecule has 0 spiro atoms. The highest BCUT2D eigenvalue weighted by Crippen LogP contribution is 2.42. The molecule has 0 saturated carbocycles. The van der Waals surface area contributed by atoms with Gasteiger partial charge in [0.25, 0.3) is 11.7 Å². The van der Waals surface area contributed by atoms with E-state index < -0.39 is 17.7 Å². The van der Waals surface area contributed by atoms with Crippen LogP contribution in [0.2, 0.25) is 5.02 Å². The highest BCUT2D eigenvalue weighted by molar-refractivity contribution is 9.10. The zero-order chi connectivity index (χ0) is 20.7. The number of halogens is 2. The first-order chi connectivity index (χ1) is 13.9. The maximum Gasteiger partial charge on any atom is 0.300 e. The van der Waals surface area contributed by atoms with Gasteiger partial charge in [0.05, 0.1) is 11.8 Å². The average molecular weight is 473 g/mol. The van der Waals surface area contributed by atoms with Crippen LogP contribution in [0.3, 0.4) is 0 Å². The summed E-state index contributed by atoms with van der Waals surface area (Å²) < 4.78 is 6.40. The van der Waals surface area contributed by atoms with Crippen LogP contribution in [0.25, 0.3) is 5.76 Å². The number of aryl methyl sites for hydroxylation is 1. The predicted molar refractivity (Wildman–Crippen MR) is 114 cm³/mol. The van der Waals surface area contributed by atoms with Crippen LogP contribution in [0, 0.1) is 6.92 Å². The van der Waals surface area contributed by atoms with Crippen LogP contribution < -0.4 is 4.90 Å². The minimum Gasteiger partial charge on any atom is -0.507 e. The molecule has 1 amide bonds. The Balaban J connectivity index is 1.92. The standard InChI is InChI=1S/C22H15BrClNO4/c1-12-11-13(4-9-16(12)23)20(26)18-19(17-3-2-10-29-17)25(22(28)21(18)27)15-7-5-14(24)6-8-15/h2-11,19,26H,1H3/b20-18-. The van der Waals surface area contributed by atoms with Crippen molar-refractivity contribution in [3.8, 4) is 0 Å². The zero-order valence-corrected chi connectivity index (χ0v) is 17.6. The molecule has 29 heavy (non-hydrogen) atoms. The van der Waals surface area contributed by atoms with Crippen molar-refractivity contribution in [1.29, 1.82) is 0 Å². The number of Topliss-reactive ketones (excluding diaryl/α,β-unsaturated/α-hetero) is 1. The van der Waals surface area contributed by atoms with Crippen LogP contribution in [-0.2, 0) is 9.59 Å². The number of rotatable bonds is 3. The number of aliphatic hydroxyl groups is 1. The molecule has 1 saturated heterocycles. The molecule has 1 aliphatic heterocycles. The molecule has 0 aliphatic carbocycles. The topological polar surface area (TPSA) is 70.8 Å². The first-order valence-corrected chi connectivity index (χ1v) is 9.92. The van der Waals surface area contributed by atoms with Crippen molar-refractivity contribution >= 4 is 50.7 Å². The monoisotopic (exact) mass is 471 g/mol. The fourth-order valence-electron chi connectivity index (χ4n) is 3.36. The molecular weight excluding hydrogens is 458 g/mol. The van der Waals surface area contributed by atoms with Gasteiger partial charge in [0.2, 0.25) is 0 Å². The van der Waals surface area contributed by atoms with Crippen molar-refractivity contribution in [2.24, 2.45) is 0 Å². The van der Waals surface area contributed by atoms with Crippen molar-refractivity contribution in [3.05, 3.63) is 92.8 Å². The molecule has 5 nitrogen and oxygen atoms in total. The lowest BCUT2D eigenvalue weighted by Crippen LogP contribution is -2.29. The Morgan fingerprint density at radius 3 is 2.48 bits per heavy atom. The lowest BCUT2D eigenvalue weighted by Gasteiger charge is -2.23. The Morgan fingerprint density at radius 2 is 1.86 bits per heavy atom. The van der Waals surface area contributed by atoms with E-state index in [0.717, 1.165) is 10.0 Å². The van der Waals surface area contributed by atoms with Crippen LogP contribution in [0.5, 0.6) is 0 Å². The summed E-state index contributed by atoms with van der Waals surface area (Å²) in [5, 5.41) is 11.5. The van der Waals surface area contributed by atoms with Gasteiger partial charge in [-0.2, -0.15) is 0 Å². The number of anilines is 1. The predicted octanol–water partition coefficient (Wildman–Crippen LogP) is 5.63. The fraction of sp³-hybridized carbons (Fsp3) is 0.0909. The zero-order valence-electron chi connectivity index (χ0n) is 15.2. The van der Waals surface area contributed by atoms with Gasteiger partial charge in [-0.3, -0.25) is 14.5 Å². The third kappa shape index (κ3) is 3.39. The molecule has 1 aliphatic rings. The lowest BCUT2D eigenvalue weighted by atomic mass is 9.98. The van der Waals surface area contributed by atoms with Gasteiger partial charge in [0, 0.05) is 20.7 Å². The maximum absolute atomic E-state index is 12.9. The van der Waals surface area contributed by atoms with Crippen molar-refractivity contribution in [2.45, 2.75) is 13.0 Å². The van der Waals surface area contributed by atoms with Crippen LogP contribution in [0.1, 0.15) is 22.9 Å². The number of furan rings is 1. The van der Waals surface area contributed by atoms with Crippen molar-refractivity contribution in [1.82, 2.24) is 0 Å². The van der Waals surface area contributed by atoms with E-state index in [2.05, 4.69) is 15.9 Å². The number of amides is 1. The van der Waals surface area contributed by atoms with Crippen molar-refractivity contribution < 1.29 is 19.1 Å². The fourth-order valence-corrected chi connectivity index (χ4v) is 3.74. The molecule has 2 heterocycles. The molecule has 0 radical (unpaired) electrons. The molecule has 3 aromatic rings. The molecule has 2 aromatic carbocycles. The number of aliphatic hydroxyl groups excluding tert-OH is 1. The average Bonchev–Trinajstić information content (AvgIpc) is 3.32. The summed E-state index contributed by atoms with van der Waals surface area (Å²) in [6, 6.07) is 14.2. The van der Waals surface area contributed by atoms with Crippen LogP contribution in [0.15, 0.2) is 75.3 Å². The van der Waals surface area contributed by atoms with E-state index in [1.807, 2.05) is 6.92 Å². The Hall–Kier alpha value is -2.83. The number of carbonyl (C=O) groups is 2. The minimum atomic E-state index is -0.893. The second-order valence-corrected chi connectivity index (χ2v) is 7.92. The van der Waals surface area contributed by atoms with E-state index >= 15 is 0 Å². The molecule has 1 atom stereocenters. The first kappa shape index (κ1) is 19.5. The lowest BCUT2D eigenvalue weighted by molar-refractivity contribution is -0.132. The second-order valence-electron chi connectivity index (χ2n) is 6.62. The van der Waals surface area contributed by atoms with Gasteiger partial charge < -0.3 is 9.52 Å². The molecule has 7 heteroatoms. The van der Waals surface area contributed by atoms with E-state index in [1.54, 1.807) is 54.6 Å². The van der Waals surface area contributed by atoms with E-state index in [-0.39, 0.29) is 11.3 Å². The summed E-state index contributed by atoms with van der Waals surface area (Å²) in [5.41, 5.74) is 1.78. The summed E-state index contributed by atoms with van der Waals surface area (Å²) in [5.74, 6) is -1.41.